The van der Waals surface area contributed by atoms with E-state index in [0.29, 0.717) is 6.42 Å². The van der Waals surface area contributed by atoms with Crippen LogP contribution < -0.4 is 5.32 Å². The summed E-state index contributed by atoms with van der Waals surface area (Å²) in [4.78, 5) is 37.0. The van der Waals surface area contributed by atoms with Gasteiger partial charge in [0.2, 0.25) is 5.91 Å². The fourth-order valence-electron chi connectivity index (χ4n) is 6.06. The Bertz CT molecular complexity index is 682. The SMILES string of the molecule is CCCCCCCCCCCCCCCCCC(CCCC)OC(=O)[C@H](CCC(=O)O)NC(=O)CCCCCCCCCCC. The van der Waals surface area contributed by atoms with Crippen LogP contribution >= 0.6 is 0 Å². The number of carboxylic acids is 1. The van der Waals surface area contributed by atoms with Gasteiger partial charge in [-0.05, 0) is 32.1 Å². The molecule has 0 radical (unpaired) electrons. The van der Waals surface area contributed by atoms with Gasteiger partial charge in [0.15, 0.2) is 0 Å². The van der Waals surface area contributed by atoms with Crippen LogP contribution in [0.2, 0.25) is 0 Å². The molecule has 2 atom stereocenters. The van der Waals surface area contributed by atoms with E-state index in [1.807, 2.05) is 0 Å². The number of carboxylic acid groups (broad SMARTS) is 1. The number of esters is 1. The molecular weight excluding hydrogens is 562 g/mol. The summed E-state index contributed by atoms with van der Waals surface area (Å²) >= 11 is 0. The lowest BCUT2D eigenvalue weighted by molar-refractivity contribution is -0.154. The van der Waals surface area contributed by atoms with Crippen molar-refractivity contribution in [1.29, 1.82) is 0 Å². The molecule has 0 aliphatic heterocycles. The highest BCUT2D eigenvalue weighted by atomic mass is 16.5. The fraction of sp³-hybridized carbons (Fsp3) is 0.923. The van der Waals surface area contributed by atoms with Crippen molar-refractivity contribution in [3.05, 3.63) is 0 Å². The molecule has 6 nitrogen and oxygen atoms in total. The van der Waals surface area contributed by atoms with Gasteiger partial charge in [0.05, 0.1) is 0 Å². The zero-order valence-electron chi connectivity index (χ0n) is 30.2. The third-order valence-corrected chi connectivity index (χ3v) is 9.07. The van der Waals surface area contributed by atoms with Crippen LogP contribution in [0.1, 0.15) is 220 Å². The molecule has 1 amide bonds. The molecule has 0 saturated heterocycles. The summed E-state index contributed by atoms with van der Waals surface area (Å²) in [6.07, 6.45) is 34.1. The number of nitrogens with one attached hydrogen (secondary N) is 1. The molecule has 0 aliphatic rings. The lowest BCUT2D eigenvalue weighted by atomic mass is 10.0. The van der Waals surface area contributed by atoms with E-state index in [2.05, 4.69) is 26.1 Å². The second-order valence-electron chi connectivity index (χ2n) is 13.6. The quantitative estimate of drug-likeness (QED) is 0.0533. The molecule has 0 aromatic carbocycles. The van der Waals surface area contributed by atoms with E-state index >= 15 is 0 Å². The number of carbonyl (C=O) groups is 3. The van der Waals surface area contributed by atoms with Gasteiger partial charge in [-0.3, -0.25) is 9.59 Å². The number of amides is 1. The average molecular weight is 638 g/mol. The van der Waals surface area contributed by atoms with E-state index < -0.39 is 18.0 Å². The first-order chi connectivity index (χ1) is 21.9. The molecule has 6 heteroatoms. The van der Waals surface area contributed by atoms with Crippen LogP contribution in [0.4, 0.5) is 0 Å². The van der Waals surface area contributed by atoms with Crippen LogP contribution in [0.15, 0.2) is 0 Å². The van der Waals surface area contributed by atoms with Crippen molar-refractivity contribution in [1.82, 2.24) is 5.32 Å². The Morgan fingerprint density at radius 2 is 0.867 bits per heavy atom. The molecule has 0 spiro atoms. The van der Waals surface area contributed by atoms with Gasteiger partial charge in [0.25, 0.3) is 0 Å². The Balaban J connectivity index is 4.32. The molecule has 1 unspecified atom stereocenters. The summed E-state index contributed by atoms with van der Waals surface area (Å²) in [7, 11) is 0. The molecule has 0 aliphatic carbocycles. The van der Waals surface area contributed by atoms with Gasteiger partial charge >= 0.3 is 11.9 Å². The third-order valence-electron chi connectivity index (χ3n) is 9.07. The Morgan fingerprint density at radius 1 is 0.489 bits per heavy atom. The summed E-state index contributed by atoms with van der Waals surface area (Å²) in [5.74, 6) is -1.63. The normalized spacial score (nSPS) is 12.6. The van der Waals surface area contributed by atoms with Crippen molar-refractivity contribution in [2.24, 2.45) is 0 Å². The van der Waals surface area contributed by atoms with Crippen molar-refractivity contribution in [2.75, 3.05) is 0 Å². The first-order valence-electron chi connectivity index (χ1n) is 19.7. The number of hydrogen-bond acceptors (Lipinski definition) is 4. The molecule has 45 heavy (non-hydrogen) atoms. The molecule has 0 aromatic heterocycles. The van der Waals surface area contributed by atoms with E-state index in [0.717, 1.165) is 57.8 Å². The summed E-state index contributed by atoms with van der Waals surface area (Å²) in [6.45, 7) is 6.63. The predicted molar refractivity (Wildman–Crippen MR) is 190 cm³/mol. The largest absolute Gasteiger partial charge is 0.481 e. The van der Waals surface area contributed by atoms with Crippen LogP contribution in [-0.2, 0) is 19.1 Å². The molecule has 0 aromatic rings. The van der Waals surface area contributed by atoms with E-state index in [1.54, 1.807) is 0 Å². The smallest absolute Gasteiger partial charge is 0.328 e. The van der Waals surface area contributed by atoms with Crippen molar-refractivity contribution in [3.63, 3.8) is 0 Å². The standard InChI is InChI=1S/C39H75NO5/c1-4-7-10-12-14-16-17-18-19-20-21-23-24-26-28-31-35(30-9-6-3)45-39(44)36(33-34-38(42)43)40-37(41)32-29-27-25-22-15-13-11-8-5-2/h35-36H,4-34H2,1-3H3,(H,40,41)(H,42,43)/t35?,36-/m0/s1. The predicted octanol–water partition coefficient (Wildman–Crippen LogP) is 11.6. The first kappa shape index (κ1) is 43.4. The van der Waals surface area contributed by atoms with Crippen LogP contribution in [-0.4, -0.2) is 35.1 Å². The number of rotatable bonds is 35. The van der Waals surface area contributed by atoms with Crippen LogP contribution in [0.5, 0.6) is 0 Å². The highest BCUT2D eigenvalue weighted by Crippen LogP contribution is 2.18. The molecule has 0 fully saturated rings. The minimum absolute atomic E-state index is 0.0666. The van der Waals surface area contributed by atoms with Gasteiger partial charge in [0.1, 0.15) is 12.1 Å². The number of unbranched alkanes of at least 4 members (excludes halogenated alkanes) is 23. The number of hydrogen-bond donors (Lipinski definition) is 2. The van der Waals surface area contributed by atoms with E-state index in [9.17, 15) is 19.5 Å². The number of aliphatic carboxylic acids is 1. The maximum atomic E-state index is 13.1. The summed E-state index contributed by atoms with van der Waals surface area (Å²) in [5.41, 5.74) is 0. The minimum atomic E-state index is -0.971. The summed E-state index contributed by atoms with van der Waals surface area (Å²) < 4.78 is 5.92. The van der Waals surface area contributed by atoms with Crippen LogP contribution in [0.25, 0.3) is 0 Å². The summed E-state index contributed by atoms with van der Waals surface area (Å²) in [6, 6.07) is -0.891. The summed E-state index contributed by atoms with van der Waals surface area (Å²) in [5, 5.41) is 12.0. The lowest BCUT2D eigenvalue weighted by Crippen LogP contribution is -2.43. The molecular formula is C39H75NO5. The van der Waals surface area contributed by atoms with Gasteiger partial charge in [-0.1, -0.05) is 175 Å². The first-order valence-corrected chi connectivity index (χ1v) is 19.7. The van der Waals surface area contributed by atoms with E-state index in [-0.39, 0.29) is 24.9 Å². The maximum Gasteiger partial charge on any atom is 0.328 e. The van der Waals surface area contributed by atoms with E-state index in [1.165, 1.54) is 122 Å². The average Bonchev–Trinajstić information content (AvgIpc) is 3.02. The zero-order valence-corrected chi connectivity index (χ0v) is 30.2. The van der Waals surface area contributed by atoms with Gasteiger partial charge in [-0.25, -0.2) is 4.79 Å². The zero-order chi connectivity index (χ0) is 33.2. The van der Waals surface area contributed by atoms with Crippen molar-refractivity contribution < 1.29 is 24.2 Å². The van der Waals surface area contributed by atoms with Crippen molar-refractivity contribution >= 4 is 17.8 Å². The monoisotopic (exact) mass is 638 g/mol. The van der Waals surface area contributed by atoms with Crippen LogP contribution in [0, 0.1) is 0 Å². The molecule has 2 N–H and O–H groups in total. The van der Waals surface area contributed by atoms with Gasteiger partial charge in [-0.2, -0.15) is 0 Å². The van der Waals surface area contributed by atoms with E-state index in [4.69, 9.17) is 4.74 Å². The lowest BCUT2D eigenvalue weighted by Gasteiger charge is -2.22. The second kappa shape index (κ2) is 33.8. The van der Waals surface area contributed by atoms with Crippen molar-refractivity contribution in [3.8, 4) is 0 Å². The van der Waals surface area contributed by atoms with Crippen LogP contribution in [0.3, 0.4) is 0 Å². The van der Waals surface area contributed by atoms with Gasteiger partial charge in [0, 0.05) is 12.8 Å². The fourth-order valence-corrected chi connectivity index (χ4v) is 6.06. The minimum Gasteiger partial charge on any atom is -0.481 e. The Labute approximate surface area is 279 Å². The Kier molecular flexibility index (Phi) is 32.6. The molecule has 0 rings (SSSR count). The Morgan fingerprint density at radius 3 is 1.29 bits per heavy atom. The number of ether oxygens (including phenoxy) is 1. The molecule has 0 bridgehead atoms. The van der Waals surface area contributed by atoms with Gasteiger partial charge in [-0.15, -0.1) is 0 Å². The molecule has 0 heterocycles. The molecule has 0 saturated carbocycles. The second-order valence-corrected chi connectivity index (χ2v) is 13.6. The Hall–Kier alpha value is -1.59. The maximum absolute atomic E-state index is 13.1. The molecule has 266 valence electrons. The highest BCUT2D eigenvalue weighted by molar-refractivity contribution is 5.85. The topological polar surface area (TPSA) is 92.7 Å². The van der Waals surface area contributed by atoms with Crippen molar-refractivity contribution in [2.45, 2.75) is 232 Å². The highest BCUT2D eigenvalue weighted by Gasteiger charge is 2.25. The third kappa shape index (κ3) is 30.8. The van der Waals surface area contributed by atoms with Gasteiger partial charge < -0.3 is 15.2 Å². The number of carbonyl (C=O) groups excluding carboxylic acids is 2.